The van der Waals surface area contributed by atoms with Gasteiger partial charge in [0.2, 0.25) is 0 Å². The number of carbonyl (C=O) groups excluding carboxylic acids is 2. The molecular formula is C26H40O6. The van der Waals surface area contributed by atoms with Crippen molar-refractivity contribution in [2.45, 2.75) is 103 Å². The molecule has 8 atom stereocenters. The predicted molar refractivity (Wildman–Crippen MR) is 120 cm³/mol. The van der Waals surface area contributed by atoms with Crippen LogP contribution in [0.3, 0.4) is 0 Å². The molecular weight excluding hydrogens is 408 g/mol. The largest absolute Gasteiger partial charge is 0.459 e. The zero-order valence-electron chi connectivity index (χ0n) is 19.9. The van der Waals surface area contributed by atoms with Crippen molar-refractivity contribution in [2.75, 3.05) is 13.2 Å². The molecule has 6 nitrogen and oxygen atoms in total. The number of hydrogen-bond donors (Lipinski definition) is 1. The average Bonchev–Trinajstić information content (AvgIpc) is 3.10. The lowest BCUT2D eigenvalue weighted by Gasteiger charge is -2.58. The molecule has 1 aliphatic heterocycles. The Morgan fingerprint density at radius 2 is 2.09 bits per heavy atom. The first-order valence-electron chi connectivity index (χ1n) is 12.6. The fourth-order valence-electron chi connectivity index (χ4n) is 6.97. The van der Waals surface area contributed by atoms with Gasteiger partial charge in [-0.3, -0.25) is 4.79 Å². The summed E-state index contributed by atoms with van der Waals surface area (Å²) in [6, 6.07) is 0. The lowest BCUT2D eigenvalue weighted by Crippen LogP contribution is -2.58. The highest BCUT2D eigenvalue weighted by atomic mass is 16.6. The van der Waals surface area contributed by atoms with Crippen molar-refractivity contribution in [3.8, 4) is 0 Å². The van der Waals surface area contributed by atoms with Gasteiger partial charge in [-0.25, -0.2) is 0 Å². The van der Waals surface area contributed by atoms with Gasteiger partial charge in [-0.1, -0.05) is 32.4 Å². The Labute approximate surface area is 192 Å². The topological polar surface area (TPSA) is 82.1 Å². The number of aliphatic hydroxyl groups is 1. The molecule has 32 heavy (non-hydrogen) atoms. The first-order valence-corrected chi connectivity index (χ1v) is 12.6. The Morgan fingerprint density at radius 1 is 1.28 bits per heavy atom. The monoisotopic (exact) mass is 448 g/mol. The molecule has 1 heterocycles. The van der Waals surface area contributed by atoms with Crippen molar-refractivity contribution in [1.82, 2.24) is 0 Å². The summed E-state index contributed by atoms with van der Waals surface area (Å²) in [7, 11) is 0. The Hall–Kier alpha value is -1.24. The van der Waals surface area contributed by atoms with Crippen LogP contribution in [0.1, 0.15) is 78.6 Å². The number of hydrogen-bond acceptors (Lipinski definition) is 6. The zero-order valence-corrected chi connectivity index (χ0v) is 19.9. The molecule has 4 rings (SSSR count). The maximum Gasteiger partial charge on any atom is 0.305 e. The van der Waals surface area contributed by atoms with Crippen LogP contribution >= 0.6 is 0 Å². The molecule has 3 fully saturated rings. The van der Waals surface area contributed by atoms with E-state index in [0.717, 1.165) is 51.2 Å². The Kier molecular flexibility index (Phi) is 7.14. The van der Waals surface area contributed by atoms with Crippen LogP contribution in [0.25, 0.3) is 0 Å². The van der Waals surface area contributed by atoms with Gasteiger partial charge in [0.05, 0.1) is 24.9 Å². The molecule has 1 N–H and O–H groups in total. The van der Waals surface area contributed by atoms with E-state index in [2.05, 4.69) is 19.9 Å². The Balaban J connectivity index is 1.46. The van der Waals surface area contributed by atoms with Crippen LogP contribution in [-0.4, -0.2) is 55.0 Å². The van der Waals surface area contributed by atoms with Crippen LogP contribution in [0.2, 0.25) is 0 Å². The number of ether oxygens (including phenoxy) is 3. The van der Waals surface area contributed by atoms with E-state index in [1.54, 1.807) is 0 Å². The fraction of sp³-hybridized carbons (Fsp3) is 0.846. The molecule has 0 bridgehead atoms. The minimum atomic E-state index is -0.542. The highest BCUT2D eigenvalue weighted by Gasteiger charge is 2.62. The third-order valence-corrected chi connectivity index (χ3v) is 9.00. The molecule has 0 spiro atoms. The number of aldehydes is 1. The van der Waals surface area contributed by atoms with Gasteiger partial charge >= 0.3 is 5.97 Å². The Bertz CT molecular complexity index is 734. The molecule has 0 aromatic heterocycles. The van der Waals surface area contributed by atoms with Crippen molar-refractivity contribution in [2.24, 2.45) is 22.7 Å². The number of fused-ring (bicyclic) bond motifs is 5. The van der Waals surface area contributed by atoms with E-state index < -0.39 is 6.10 Å². The maximum atomic E-state index is 12.0. The van der Waals surface area contributed by atoms with Crippen molar-refractivity contribution in [1.29, 1.82) is 0 Å². The van der Waals surface area contributed by atoms with Gasteiger partial charge in [0.1, 0.15) is 12.4 Å². The number of esters is 1. The number of aliphatic hydroxyl groups excluding tert-OH is 1. The fourth-order valence-corrected chi connectivity index (χ4v) is 6.97. The molecule has 1 saturated heterocycles. The molecule has 6 heteroatoms. The molecule has 3 unspecified atom stereocenters. The summed E-state index contributed by atoms with van der Waals surface area (Å²) in [5.74, 6) is 0.226. The van der Waals surface area contributed by atoms with Crippen molar-refractivity contribution < 1.29 is 28.9 Å². The molecule has 0 aromatic carbocycles. The maximum absolute atomic E-state index is 12.0. The van der Waals surface area contributed by atoms with Gasteiger partial charge in [-0.15, -0.1) is 0 Å². The van der Waals surface area contributed by atoms with Gasteiger partial charge in [0.15, 0.2) is 0 Å². The Morgan fingerprint density at radius 3 is 2.84 bits per heavy atom. The molecule has 4 aliphatic rings. The molecule has 3 aliphatic carbocycles. The van der Waals surface area contributed by atoms with E-state index in [4.69, 9.17) is 14.2 Å². The van der Waals surface area contributed by atoms with E-state index >= 15 is 0 Å². The number of unbranched alkanes of at least 4 members (excludes halogenated alkanes) is 2. The standard InChI is InChI=1S/C26H40O6/c1-4-22(29)32-21-16-31-24-23-19(9-11-26(21,24)3)25(2)10-8-18(14-17(25)15-20(23)28)30-13-7-5-6-12-27/h12,15,18-21,23-24,28H,4-11,13-14,16H2,1-3H3/t18-,19?,20-,21-,23?,24?,25-,26+/m0/s1. The van der Waals surface area contributed by atoms with Crippen LogP contribution in [0.4, 0.5) is 0 Å². The van der Waals surface area contributed by atoms with E-state index in [9.17, 15) is 14.7 Å². The second-order valence-corrected chi connectivity index (χ2v) is 10.8. The third kappa shape index (κ3) is 4.19. The highest BCUT2D eigenvalue weighted by Crippen LogP contribution is 2.62. The number of rotatable bonds is 8. The SMILES string of the molecule is CCC(=O)O[C@H]1COC2C3C(CC[C@@]21C)[C@@]1(C)CC[C@H](OCCCCC=O)CC1=C[C@@H]3O. The summed E-state index contributed by atoms with van der Waals surface area (Å²) < 4.78 is 18.2. The van der Waals surface area contributed by atoms with E-state index in [1.807, 2.05) is 6.92 Å². The van der Waals surface area contributed by atoms with Gasteiger partial charge in [0, 0.05) is 30.8 Å². The van der Waals surface area contributed by atoms with Crippen LogP contribution in [0.5, 0.6) is 0 Å². The molecule has 0 radical (unpaired) electrons. The highest BCUT2D eigenvalue weighted by molar-refractivity contribution is 5.69. The third-order valence-electron chi connectivity index (χ3n) is 9.00. The quantitative estimate of drug-likeness (QED) is 0.262. The first-order chi connectivity index (χ1) is 15.3. The second-order valence-electron chi connectivity index (χ2n) is 10.8. The minimum Gasteiger partial charge on any atom is -0.459 e. The second kappa shape index (κ2) is 9.55. The van der Waals surface area contributed by atoms with Gasteiger partial charge < -0.3 is 24.1 Å². The smallest absolute Gasteiger partial charge is 0.305 e. The normalized spacial score (nSPS) is 42.9. The van der Waals surface area contributed by atoms with Crippen LogP contribution in [0, 0.1) is 22.7 Å². The van der Waals surface area contributed by atoms with E-state index in [0.29, 0.717) is 32.0 Å². The zero-order chi connectivity index (χ0) is 22.9. The van der Waals surface area contributed by atoms with Crippen LogP contribution < -0.4 is 0 Å². The van der Waals surface area contributed by atoms with E-state index in [-0.39, 0.29) is 41.0 Å². The van der Waals surface area contributed by atoms with Crippen molar-refractivity contribution in [3.05, 3.63) is 11.6 Å². The van der Waals surface area contributed by atoms with Gasteiger partial charge in [-0.2, -0.15) is 0 Å². The van der Waals surface area contributed by atoms with Crippen LogP contribution in [-0.2, 0) is 23.8 Å². The molecule has 0 aromatic rings. The average molecular weight is 449 g/mol. The molecule has 0 amide bonds. The molecule has 180 valence electrons. The summed E-state index contributed by atoms with van der Waals surface area (Å²) in [4.78, 5) is 22.4. The predicted octanol–water partition coefficient (Wildman–Crippen LogP) is 3.99. The van der Waals surface area contributed by atoms with Gasteiger partial charge in [-0.05, 0) is 56.3 Å². The summed E-state index contributed by atoms with van der Waals surface area (Å²) >= 11 is 0. The van der Waals surface area contributed by atoms with Crippen LogP contribution in [0.15, 0.2) is 11.6 Å². The van der Waals surface area contributed by atoms with Crippen molar-refractivity contribution in [3.63, 3.8) is 0 Å². The van der Waals surface area contributed by atoms with Crippen molar-refractivity contribution >= 4 is 12.3 Å². The first kappa shape index (κ1) is 23.9. The lowest BCUT2D eigenvalue weighted by molar-refractivity contribution is -0.159. The minimum absolute atomic E-state index is 0.0358. The van der Waals surface area contributed by atoms with E-state index in [1.165, 1.54) is 5.57 Å². The summed E-state index contributed by atoms with van der Waals surface area (Å²) in [6.45, 7) is 7.49. The number of carbonyl (C=O) groups is 2. The summed E-state index contributed by atoms with van der Waals surface area (Å²) in [6.07, 6.45) is 10.1. The van der Waals surface area contributed by atoms with Gasteiger partial charge in [0.25, 0.3) is 0 Å². The summed E-state index contributed by atoms with van der Waals surface area (Å²) in [5, 5.41) is 11.3. The molecule has 2 saturated carbocycles. The lowest BCUT2D eigenvalue weighted by atomic mass is 9.49. The summed E-state index contributed by atoms with van der Waals surface area (Å²) in [5.41, 5.74) is 1.16.